The van der Waals surface area contributed by atoms with E-state index >= 15 is 0 Å². The van der Waals surface area contributed by atoms with Crippen LogP contribution in [0.2, 0.25) is 0 Å². The normalized spacial score (nSPS) is 11.9. The molecule has 0 atom stereocenters. The van der Waals surface area contributed by atoms with Gasteiger partial charge in [0, 0.05) is 0 Å². The van der Waals surface area contributed by atoms with Crippen LogP contribution in [0.1, 0.15) is 0 Å². The van der Waals surface area contributed by atoms with Gasteiger partial charge in [-0.15, -0.1) is 0 Å². The quantitative estimate of drug-likeness (QED) is 0.593. The number of ether oxygens (including phenoxy) is 1. The highest BCUT2D eigenvalue weighted by Crippen LogP contribution is 2.27. The smallest absolute Gasteiger partial charge is 0.160 e. The molecule has 0 aliphatic heterocycles. The summed E-state index contributed by atoms with van der Waals surface area (Å²) in [5.41, 5.74) is 0.603. The van der Waals surface area contributed by atoms with E-state index in [-0.39, 0.29) is 5.17 Å². The van der Waals surface area contributed by atoms with Gasteiger partial charge in [-0.25, -0.2) is 4.99 Å². The van der Waals surface area contributed by atoms with Crippen molar-refractivity contribution in [3.8, 4) is 5.75 Å². The molecule has 0 spiro atoms. The number of hydrogen-bond donors (Lipinski definition) is 0. The van der Waals surface area contributed by atoms with Crippen molar-refractivity contribution < 1.29 is 4.74 Å². The van der Waals surface area contributed by atoms with E-state index < -0.39 is 4.84 Å². The van der Waals surface area contributed by atoms with Gasteiger partial charge in [-0.3, -0.25) is 0 Å². The second kappa shape index (κ2) is 5.44. The number of nitrogens with zero attached hydrogens (tertiary/aromatic N) is 1. The Balaban J connectivity index is 3.01. The third-order valence-electron chi connectivity index (χ3n) is 1.49. The Kier molecular flexibility index (Phi) is 4.52. The zero-order chi connectivity index (χ0) is 10.6. The first-order chi connectivity index (χ1) is 6.65. The Morgan fingerprint density at radius 1 is 1.36 bits per heavy atom. The molecule has 0 fully saturated rings. The first kappa shape index (κ1) is 11.6. The van der Waals surface area contributed by atoms with E-state index in [9.17, 15) is 0 Å². The molecular formula is C9H8Cl3NO. The molecule has 0 bridgehead atoms. The van der Waals surface area contributed by atoms with Gasteiger partial charge in [-0.2, -0.15) is 0 Å². The average Bonchev–Trinajstić information content (AvgIpc) is 2.18. The predicted molar refractivity (Wildman–Crippen MR) is 61.4 cm³/mol. The summed E-state index contributed by atoms with van der Waals surface area (Å²) >= 11 is 16.8. The second-order valence-electron chi connectivity index (χ2n) is 2.41. The fraction of sp³-hybridized carbons (Fsp3) is 0.222. The molecule has 0 N–H and O–H groups in total. The summed E-state index contributed by atoms with van der Waals surface area (Å²) in [4.78, 5) is 3.20. The van der Waals surface area contributed by atoms with Crippen molar-refractivity contribution in [2.24, 2.45) is 4.99 Å². The van der Waals surface area contributed by atoms with Crippen LogP contribution >= 0.6 is 34.8 Å². The standard InChI is InChI=1S/C9H8Cl3NO/c1-14-7-5-3-2-4-6(7)13-9(12)8(10)11/h2-5,8H,1H3. The minimum atomic E-state index is -0.818. The first-order valence-corrected chi connectivity index (χ1v) is 5.05. The number of rotatable bonds is 3. The van der Waals surface area contributed by atoms with Gasteiger partial charge in [0.2, 0.25) is 0 Å². The molecule has 2 nitrogen and oxygen atoms in total. The lowest BCUT2D eigenvalue weighted by Crippen LogP contribution is -1.97. The van der Waals surface area contributed by atoms with E-state index in [0.717, 1.165) is 0 Å². The Morgan fingerprint density at radius 2 is 2.00 bits per heavy atom. The topological polar surface area (TPSA) is 21.6 Å². The molecule has 1 aromatic carbocycles. The van der Waals surface area contributed by atoms with Crippen LogP contribution in [0.5, 0.6) is 5.75 Å². The summed E-state index contributed by atoms with van der Waals surface area (Å²) in [6.45, 7) is 0. The van der Waals surface area contributed by atoms with Crippen molar-refractivity contribution in [1.82, 2.24) is 0 Å². The first-order valence-electron chi connectivity index (χ1n) is 3.80. The molecular weight excluding hydrogens is 244 g/mol. The monoisotopic (exact) mass is 251 g/mol. The Hall–Kier alpha value is -0.440. The largest absolute Gasteiger partial charge is 0.494 e. The molecule has 0 unspecified atom stereocenters. The van der Waals surface area contributed by atoms with Crippen LogP contribution in [-0.2, 0) is 0 Å². The summed E-state index contributed by atoms with van der Waals surface area (Å²) in [6.07, 6.45) is 0. The van der Waals surface area contributed by atoms with Crippen LogP contribution in [0.3, 0.4) is 0 Å². The summed E-state index contributed by atoms with van der Waals surface area (Å²) in [5.74, 6) is 0.625. The van der Waals surface area contributed by atoms with Crippen molar-refractivity contribution in [1.29, 1.82) is 0 Å². The highest BCUT2D eigenvalue weighted by Gasteiger charge is 2.07. The van der Waals surface area contributed by atoms with E-state index in [1.54, 1.807) is 19.2 Å². The SMILES string of the molecule is COc1ccccc1N=C(Cl)C(Cl)Cl. The van der Waals surface area contributed by atoms with Crippen LogP contribution in [0.15, 0.2) is 29.3 Å². The van der Waals surface area contributed by atoms with E-state index in [1.165, 1.54) is 0 Å². The molecule has 0 saturated carbocycles. The molecule has 0 aliphatic rings. The molecule has 14 heavy (non-hydrogen) atoms. The van der Waals surface area contributed by atoms with E-state index in [4.69, 9.17) is 39.5 Å². The third kappa shape index (κ3) is 3.05. The molecule has 0 aromatic heterocycles. The summed E-state index contributed by atoms with van der Waals surface area (Å²) in [5, 5.41) is 0.123. The van der Waals surface area contributed by atoms with Crippen LogP contribution in [0.4, 0.5) is 5.69 Å². The highest BCUT2D eigenvalue weighted by atomic mass is 35.5. The van der Waals surface area contributed by atoms with Gasteiger partial charge in [-0.1, -0.05) is 46.9 Å². The maximum atomic E-state index is 5.71. The molecule has 0 saturated heterocycles. The summed E-state index contributed by atoms with van der Waals surface area (Å²) in [7, 11) is 1.56. The predicted octanol–water partition coefficient (Wildman–Crippen LogP) is 3.77. The van der Waals surface area contributed by atoms with Gasteiger partial charge in [0.15, 0.2) is 4.84 Å². The van der Waals surface area contributed by atoms with Gasteiger partial charge in [0.1, 0.15) is 16.6 Å². The van der Waals surface area contributed by atoms with E-state index in [0.29, 0.717) is 11.4 Å². The Morgan fingerprint density at radius 3 is 2.57 bits per heavy atom. The summed E-state index contributed by atoms with van der Waals surface area (Å²) < 4.78 is 5.07. The minimum absolute atomic E-state index is 0.123. The van der Waals surface area contributed by atoms with Crippen LogP contribution in [0, 0.1) is 0 Å². The van der Waals surface area contributed by atoms with Gasteiger partial charge in [0.25, 0.3) is 0 Å². The van der Waals surface area contributed by atoms with Crippen LogP contribution in [0.25, 0.3) is 0 Å². The average molecular weight is 253 g/mol. The summed E-state index contributed by atoms with van der Waals surface area (Å²) in [6, 6.07) is 7.20. The number of aliphatic imine (C=N–C) groups is 1. The number of para-hydroxylation sites is 2. The highest BCUT2D eigenvalue weighted by molar-refractivity contribution is 6.77. The van der Waals surface area contributed by atoms with Gasteiger partial charge < -0.3 is 4.74 Å². The van der Waals surface area contributed by atoms with Crippen molar-refractivity contribution in [2.75, 3.05) is 7.11 Å². The maximum absolute atomic E-state index is 5.71. The van der Waals surface area contributed by atoms with Gasteiger partial charge in [-0.05, 0) is 12.1 Å². The Bertz CT molecular complexity index is 339. The Labute approximate surface area is 97.4 Å². The molecule has 5 heteroatoms. The van der Waals surface area contributed by atoms with Gasteiger partial charge in [0.05, 0.1) is 7.11 Å². The van der Waals surface area contributed by atoms with Crippen LogP contribution in [-0.4, -0.2) is 17.1 Å². The van der Waals surface area contributed by atoms with Gasteiger partial charge >= 0.3 is 0 Å². The lowest BCUT2D eigenvalue weighted by molar-refractivity contribution is 0.416. The fourth-order valence-electron chi connectivity index (χ4n) is 0.886. The van der Waals surface area contributed by atoms with Crippen molar-refractivity contribution >= 4 is 45.7 Å². The molecule has 76 valence electrons. The second-order valence-corrected chi connectivity index (χ2v) is 3.89. The third-order valence-corrected chi connectivity index (χ3v) is 2.43. The lowest BCUT2D eigenvalue weighted by Gasteiger charge is -2.04. The minimum Gasteiger partial charge on any atom is -0.494 e. The molecule has 0 amide bonds. The molecule has 0 heterocycles. The molecule has 0 aliphatic carbocycles. The lowest BCUT2D eigenvalue weighted by atomic mass is 10.3. The van der Waals surface area contributed by atoms with Crippen molar-refractivity contribution in [2.45, 2.75) is 4.84 Å². The van der Waals surface area contributed by atoms with Crippen molar-refractivity contribution in [3.05, 3.63) is 24.3 Å². The zero-order valence-corrected chi connectivity index (χ0v) is 9.64. The van der Waals surface area contributed by atoms with Crippen molar-refractivity contribution in [3.63, 3.8) is 0 Å². The number of hydrogen-bond acceptors (Lipinski definition) is 2. The number of alkyl halides is 2. The number of benzene rings is 1. The zero-order valence-electron chi connectivity index (χ0n) is 7.38. The molecule has 1 rings (SSSR count). The maximum Gasteiger partial charge on any atom is 0.160 e. The molecule has 0 radical (unpaired) electrons. The van der Waals surface area contributed by atoms with E-state index in [2.05, 4.69) is 4.99 Å². The molecule has 1 aromatic rings. The van der Waals surface area contributed by atoms with Crippen LogP contribution < -0.4 is 4.74 Å². The van der Waals surface area contributed by atoms with E-state index in [1.807, 2.05) is 12.1 Å². The number of methoxy groups -OCH3 is 1. The fourth-order valence-corrected chi connectivity index (χ4v) is 1.07. The number of halogens is 3.